The van der Waals surface area contributed by atoms with E-state index in [1.165, 1.54) is 21.1 Å². The number of amides is 3. The first kappa shape index (κ1) is 20.3. The molecule has 0 radical (unpaired) electrons. The molecule has 2 aromatic rings. The number of anilines is 1. The van der Waals surface area contributed by atoms with Crippen molar-refractivity contribution >= 4 is 56.2 Å². The minimum absolute atomic E-state index is 0.156. The number of imide groups is 1. The van der Waals surface area contributed by atoms with Gasteiger partial charge in [-0.05, 0) is 43.4 Å². The summed E-state index contributed by atoms with van der Waals surface area (Å²) in [6.45, 7) is 0. The predicted octanol–water partition coefficient (Wildman–Crippen LogP) is 3.56. The van der Waals surface area contributed by atoms with Gasteiger partial charge in [-0.15, -0.1) is 0 Å². The lowest BCUT2D eigenvalue weighted by molar-refractivity contribution is -0.147. The number of rotatable bonds is 6. The van der Waals surface area contributed by atoms with Gasteiger partial charge in [0, 0.05) is 7.05 Å². The molecule has 29 heavy (non-hydrogen) atoms. The Morgan fingerprint density at radius 2 is 1.90 bits per heavy atom. The van der Waals surface area contributed by atoms with Crippen molar-refractivity contribution < 1.29 is 14.4 Å². The normalized spacial score (nSPS) is 22.8. The number of aromatic nitrogens is 1. The van der Waals surface area contributed by atoms with Crippen LogP contribution in [0.3, 0.4) is 0 Å². The fourth-order valence-electron chi connectivity index (χ4n) is 4.41. The second-order valence-corrected chi connectivity index (χ2v) is 9.70. The maximum absolute atomic E-state index is 13.4. The van der Waals surface area contributed by atoms with Crippen molar-refractivity contribution in [3.05, 3.63) is 24.3 Å². The molecule has 1 saturated heterocycles. The number of likely N-dealkylation sites (N-methyl/N-ethyl adjacent to an activating group) is 1. The molecule has 2 fully saturated rings. The third-order valence-corrected chi connectivity index (χ3v) is 7.72. The molecule has 3 amide bonds. The molecule has 0 spiro atoms. The van der Waals surface area contributed by atoms with E-state index in [4.69, 9.17) is 0 Å². The maximum Gasteiger partial charge on any atom is 0.251 e. The van der Waals surface area contributed by atoms with Crippen LogP contribution >= 0.6 is 23.1 Å². The van der Waals surface area contributed by atoms with E-state index in [1.54, 1.807) is 18.8 Å². The van der Waals surface area contributed by atoms with Gasteiger partial charge in [0.1, 0.15) is 6.04 Å². The number of carbonyl (C=O) groups is 3. The minimum atomic E-state index is -0.759. The molecule has 0 unspecified atom stereocenters. The van der Waals surface area contributed by atoms with E-state index in [2.05, 4.69) is 4.98 Å². The molecule has 0 N–H and O–H groups in total. The number of carbonyl (C=O) groups excluding carboxylic acids is 3. The number of nitrogens with zero attached hydrogens (tertiary/aromatic N) is 3. The zero-order valence-electron chi connectivity index (χ0n) is 16.7. The third kappa shape index (κ3) is 3.68. The Morgan fingerprint density at radius 3 is 2.52 bits per heavy atom. The summed E-state index contributed by atoms with van der Waals surface area (Å²) in [4.78, 5) is 47.0. The fourth-order valence-corrected chi connectivity index (χ4v) is 5.80. The van der Waals surface area contributed by atoms with Gasteiger partial charge in [0.05, 0.1) is 22.1 Å². The largest absolute Gasteiger partial charge is 0.289 e. The van der Waals surface area contributed by atoms with Crippen LogP contribution in [0.2, 0.25) is 0 Å². The molecule has 1 aliphatic carbocycles. The number of para-hydroxylation sites is 1. The molecule has 8 heteroatoms. The smallest absolute Gasteiger partial charge is 0.251 e. The van der Waals surface area contributed by atoms with Gasteiger partial charge in [-0.25, -0.2) is 4.98 Å². The van der Waals surface area contributed by atoms with Crippen molar-refractivity contribution in [2.45, 2.75) is 38.1 Å². The summed E-state index contributed by atoms with van der Waals surface area (Å²) in [6, 6.07) is 6.98. The number of likely N-dealkylation sites (tertiary alicyclic amines) is 1. The second-order valence-electron chi connectivity index (χ2n) is 7.70. The Kier molecular flexibility index (Phi) is 5.92. The van der Waals surface area contributed by atoms with Gasteiger partial charge in [0.25, 0.3) is 5.91 Å². The van der Waals surface area contributed by atoms with E-state index >= 15 is 0 Å². The van der Waals surface area contributed by atoms with Crippen LogP contribution in [0.1, 0.15) is 32.1 Å². The highest BCUT2D eigenvalue weighted by molar-refractivity contribution is 7.98. The van der Waals surface area contributed by atoms with Gasteiger partial charge in [0.15, 0.2) is 5.13 Å². The van der Waals surface area contributed by atoms with Crippen molar-refractivity contribution in [2.75, 3.05) is 24.0 Å². The molecule has 0 bridgehead atoms. The standard InChI is InChI=1S/C21H25N3O3S2/c1-23(21-22-15-9-5-6-10-17(15)29-21)20(27)16(11-12-28-2)24-18(25)13-7-3-4-8-14(13)19(24)26/h5-6,9-10,13-14,16H,3-4,7-8,11-12H2,1-2H3/t13-,14-,16-/m1/s1. The first-order valence-electron chi connectivity index (χ1n) is 10.0. The molecule has 154 valence electrons. The number of thioether (sulfide) groups is 1. The van der Waals surface area contributed by atoms with Crippen LogP contribution in [0.15, 0.2) is 24.3 Å². The first-order valence-corrected chi connectivity index (χ1v) is 12.2. The van der Waals surface area contributed by atoms with Crippen molar-refractivity contribution in [3.63, 3.8) is 0 Å². The molecule has 1 saturated carbocycles. The zero-order valence-corrected chi connectivity index (χ0v) is 18.3. The monoisotopic (exact) mass is 431 g/mol. The van der Waals surface area contributed by atoms with Gasteiger partial charge in [0.2, 0.25) is 11.8 Å². The van der Waals surface area contributed by atoms with Gasteiger partial charge < -0.3 is 0 Å². The summed E-state index contributed by atoms with van der Waals surface area (Å²) < 4.78 is 1.00. The van der Waals surface area contributed by atoms with E-state index in [0.29, 0.717) is 17.3 Å². The van der Waals surface area contributed by atoms with E-state index in [9.17, 15) is 14.4 Å². The highest BCUT2D eigenvalue weighted by atomic mass is 32.2. The fraction of sp³-hybridized carbons (Fsp3) is 0.524. The second kappa shape index (κ2) is 8.44. The van der Waals surface area contributed by atoms with Crippen LogP contribution in [-0.2, 0) is 14.4 Å². The molecule has 6 nitrogen and oxygen atoms in total. The molecular weight excluding hydrogens is 406 g/mol. The molecule has 2 aliphatic rings. The zero-order chi connectivity index (χ0) is 20.5. The van der Waals surface area contributed by atoms with Crippen LogP contribution < -0.4 is 4.90 Å². The lowest BCUT2D eigenvalue weighted by atomic mass is 9.81. The summed E-state index contributed by atoms with van der Waals surface area (Å²) in [5.74, 6) is -0.328. The first-order chi connectivity index (χ1) is 14.0. The molecule has 4 rings (SSSR count). The Balaban J connectivity index is 1.62. The highest BCUT2D eigenvalue weighted by Crippen LogP contribution is 2.40. The van der Waals surface area contributed by atoms with Crippen LogP contribution in [0, 0.1) is 11.8 Å². The van der Waals surface area contributed by atoms with Gasteiger partial charge >= 0.3 is 0 Å². The summed E-state index contributed by atoms with van der Waals surface area (Å²) in [6.07, 6.45) is 5.89. The van der Waals surface area contributed by atoms with Crippen LogP contribution in [0.5, 0.6) is 0 Å². The van der Waals surface area contributed by atoms with Crippen molar-refractivity contribution in [1.29, 1.82) is 0 Å². The van der Waals surface area contributed by atoms with E-state index < -0.39 is 6.04 Å². The summed E-state index contributed by atoms with van der Waals surface area (Å²) in [5, 5.41) is 0.585. The molecule has 1 aromatic carbocycles. The van der Waals surface area contributed by atoms with E-state index in [-0.39, 0.29) is 29.6 Å². The van der Waals surface area contributed by atoms with Crippen LogP contribution in [0.4, 0.5) is 5.13 Å². The molecule has 1 aromatic heterocycles. The molecule has 1 aliphatic heterocycles. The Labute approximate surface area is 178 Å². The number of benzene rings is 1. The maximum atomic E-state index is 13.4. The van der Waals surface area contributed by atoms with Crippen LogP contribution in [-0.4, -0.2) is 52.7 Å². The lowest BCUT2D eigenvalue weighted by Crippen LogP contribution is -2.51. The van der Waals surface area contributed by atoms with Crippen LogP contribution in [0.25, 0.3) is 10.2 Å². The Bertz CT molecular complexity index is 887. The Morgan fingerprint density at radius 1 is 1.24 bits per heavy atom. The van der Waals surface area contributed by atoms with Crippen molar-refractivity contribution in [3.8, 4) is 0 Å². The van der Waals surface area contributed by atoms with Crippen molar-refractivity contribution in [2.24, 2.45) is 11.8 Å². The summed E-state index contributed by atoms with van der Waals surface area (Å²) in [7, 11) is 1.68. The molecule has 3 atom stereocenters. The average molecular weight is 432 g/mol. The molecule has 2 heterocycles. The number of thiazole rings is 1. The van der Waals surface area contributed by atoms with Gasteiger partial charge in [-0.1, -0.05) is 36.3 Å². The topological polar surface area (TPSA) is 70.6 Å². The quantitative estimate of drug-likeness (QED) is 0.654. The molecular formula is C21H25N3O3S2. The number of hydrogen-bond acceptors (Lipinski definition) is 6. The lowest BCUT2D eigenvalue weighted by Gasteiger charge is -2.28. The number of fused-ring (bicyclic) bond motifs is 2. The number of hydrogen-bond donors (Lipinski definition) is 0. The van der Waals surface area contributed by atoms with Gasteiger partial charge in [-0.3, -0.25) is 24.2 Å². The predicted molar refractivity (Wildman–Crippen MR) is 117 cm³/mol. The SMILES string of the molecule is CSCC[C@H](C(=O)N(C)c1nc2ccccc2s1)N1C(=O)[C@@H]2CCCC[C@H]2C1=O. The minimum Gasteiger partial charge on any atom is -0.289 e. The Hall–Kier alpha value is -1.93. The summed E-state index contributed by atoms with van der Waals surface area (Å²) >= 11 is 3.05. The highest BCUT2D eigenvalue weighted by Gasteiger charge is 2.52. The average Bonchev–Trinajstić information content (AvgIpc) is 3.28. The van der Waals surface area contributed by atoms with E-state index in [1.807, 2.05) is 30.5 Å². The third-order valence-electron chi connectivity index (χ3n) is 5.97. The van der Waals surface area contributed by atoms with Gasteiger partial charge in [-0.2, -0.15) is 11.8 Å². The summed E-state index contributed by atoms with van der Waals surface area (Å²) in [5.41, 5.74) is 0.840. The van der Waals surface area contributed by atoms with Crippen molar-refractivity contribution in [1.82, 2.24) is 9.88 Å². The van der Waals surface area contributed by atoms with E-state index in [0.717, 1.165) is 35.9 Å².